The van der Waals surface area contributed by atoms with Crippen molar-refractivity contribution < 1.29 is 8.91 Å². The maximum Gasteiger partial charge on any atom is 0.207 e. The highest BCUT2D eigenvalue weighted by Crippen LogP contribution is 2.02. The van der Waals surface area contributed by atoms with Crippen molar-refractivity contribution >= 4 is 24.5 Å². The molecular weight excluding hydrogens is 186 g/mol. The third kappa shape index (κ3) is 9.86. The number of hydrogen-bond acceptors (Lipinski definition) is 2. The lowest BCUT2D eigenvalue weighted by Crippen LogP contribution is -2.27. The van der Waals surface area contributed by atoms with Gasteiger partial charge in [0, 0.05) is 6.54 Å². The summed E-state index contributed by atoms with van der Waals surface area (Å²) in [4.78, 5) is 9.87. The molecule has 0 rings (SSSR count). The zero-order chi connectivity index (χ0) is 9.45. The van der Waals surface area contributed by atoms with Crippen molar-refractivity contribution in [1.29, 1.82) is 0 Å². The summed E-state index contributed by atoms with van der Waals surface area (Å²) in [5.74, 6) is 0. The zero-order valence-electron chi connectivity index (χ0n) is 8.22. The van der Waals surface area contributed by atoms with Crippen molar-refractivity contribution in [1.82, 2.24) is 5.32 Å². The Morgan fingerprint density at radius 3 is 2.67 bits per heavy atom. The molecule has 0 aromatic carbocycles. The van der Waals surface area contributed by atoms with E-state index in [9.17, 15) is 4.79 Å². The summed E-state index contributed by atoms with van der Waals surface area (Å²) in [5.41, 5.74) is 0. The standard InChI is InChI=1S/C7H19NO2Si2/c1-12(2,3)10-11-6-4-5-8-7-9/h7H,4-6,11H2,1-3H3,(H,8,9). The minimum Gasteiger partial charge on any atom is -0.461 e. The van der Waals surface area contributed by atoms with E-state index >= 15 is 0 Å². The highest BCUT2D eigenvalue weighted by atomic mass is 28.4. The van der Waals surface area contributed by atoms with Gasteiger partial charge in [-0.25, -0.2) is 0 Å². The molecule has 0 aromatic rings. The molecule has 3 nitrogen and oxygen atoms in total. The number of hydrogen-bond donors (Lipinski definition) is 1. The third-order valence-corrected chi connectivity index (χ3v) is 6.40. The maximum atomic E-state index is 9.87. The Morgan fingerprint density at radius 2 is 2.17 bits per heavy atom. The average Bonchev–Trinajstić information content (AvgIpc) is 1.94. The molecule has 0 aliphatic heterocycles. The van der Waals surface area contributed by atoms with Gasteiger partial charge in [0.1, 0.15) is 9.76 Å². The summed E-state index contributed by atoms with van der Waals surface area (Å²) in [6.07, 6.45) is 1.82. The first-order valence-electron chi connectivity index (χ1n) is 4.37. The second kappa shape index (κ2) is 6.39. The maximum absolute atomic E-state index is 9.87. The number of carbonyl (C=O) groups excluding carboxylic acids is 1. The van der Waals surface area contributed by atoms with Crippen LogP contribution in [-0.2, 0) is 8.91 Å². The van der Waals surface area contributed by atoms with Crippen LogP contribution in [0, 0.1) is 0 Å². The SMILES string of the molecule is C[Si](C)(C)O[SiH2]CCCNC=O. The molecule has 12 heavy (non-hydrogen) atoms. The van der Waals surface area contributed by atoms with Crippen molar-refractivity contribution in [3.63, 3.8) is 0 Å². The second-order valence-corrected chi connectivity index (χ2v) is 10.2. The first kappa shape index (κ1) is 11.9. The first-order valence-corrected chi connectivity index (χ1v) is 9.36. The first-order chi connectivity index (χ1) is 5.56. The van der Waals surface area contributed by atoms with Crippen LogP contribution >= 0.6 is 0 Å². The van der Waals surface area contributed by atoms with Gasteiger partial charge in [-0.3, -0.25) is 4.79 Å². The van der Waals surface area contributed by atoms with Gasteiger partial charge in [-0.15, -0.1) is 0 Å². The fourth-order valence-corrected chi connectivity index (χ4v) is 4.25. The number of amides is 1. The van der Waals surface area contributed by atoms with Crippen LogP contribution in [0.25, 0.3) is 0 Å². The fourth-order valence-electron chi connectivity index (χ4n) is 0.766. The largest absolute Gasteiger partial charge is 0.461 e. The molecule has 0 spiro atoms. The van der Waals surface area contributed by atoms with E-state index in [1.165, 1.54) is 6.04 Å². The number of nitrogens with one attached hydrogen (secondary N) is 1. The molecule has 5 heteroatoms. The van der Waals surface area contributed by atoms with Gasteiger partial charge in [-0.1, -0.05) is 0 Å². The van der Waals surface area contributed by atoms with Crippen molar-refractivity contribution in [3.05, 3.63) is 0 Å². The predicted molar refractivity (Wildman–Crippen MR) is 56.5 cm³/mol. The lowest BCUT2D eigenvalue weighted by Gasteiger charge is -2.17. The Hall–Kier alpha value is -0.136. The summed E-state index contributed by atoms with van der Waals surface area (Å²) in [7, 11) is -1.57. The molecule has 0 saturated carbocycles. The normalized spacial score (nSPS) is 12.2. The summed E-state index contributed by atoms with van der Waals surface area (Å²) in [6.45, 7) is 7.43. The summed E-state index contributed by atoms with van der Waals surface area (Å²) >= 11 is 0. The molecule has 0 aliphatic rings. The van der Waals surface area contributed by atoms with E-state index in [1.807, 2.05) is 0 Å². The van der Waals surface area contributed by atoms with Gasteiger partial charge >= 0.3 is 0 Å². The number of carbonyl (C=O) groups is 1. The molecule has 72 valence electrons. The van der Waals surface area contributed by atoms with Crippen molar-refractivity contribution in [2.75, 3.05) is 6.54 Å². The zero-order valence-corrected chi connectivity index (χ0v) is 10.6. The lowest BCUT2D eigenvalue weighted by molar-refractivity contribution is -0.109. The molecule has 0 fully saturated rings. The van der Waals surface area contributed by atoms with Crippen LogP contribution in [-0.4, -0.2) is 31.0 Å². The van der Waals surface area contributed by atoms with Crippen molar-refractivity contribution in [2.45, 2.75) is 32.1 Å². The van der Waals surface area contributed by atoms with E-state index in [2.05, 4.69) is 25.0 Å². The van der Waals surface area contributed by atoms with Crippen LogP contribution in [0.4, 0.5) is 0 Å². The molecule has 0 bridgehead atoms. The van der Waals surface area contributed by atoms with E-state index in [-0.39, 0.29) is 9.76 Å². The second-order valence-electron chi connectivity index (χ2n) is 3.74. The summed E-state index contributed by atoms with van der Waals surface area (Å²) in [5, 5.41) is 2.64. The highest BCUT2D eigenvalue weighted by Gasteiger charge is 2.12. The van der Waals surface area contributed by atoms with Crippen LogP contribution in [0.2, 0.25) is 25.7 Å². The molecule has 0 heterocycles. The van der Waals surface area contributed by atoms with Crippen LogP contribution in [0.3, 0.4) is 0 Å². The van der Waals surface area contributed by atoms with Crippen LogP contribution in [0.5, 0.6) is 0 Å². The summed E-state index contributed by atoms with van der Waals surface area (Å²) in [6, 6.07) is 1.17. The van der Waals surface area contributed by atoms with Gasteiger partial charge in [0.15, 0.2) is 8.32 Å². The predicted octanol–water partition coefficient (Wildman–Crippen LogP) is 0.476. The van der Waals surface area contributed by atoms with Crippen LogP contribution < -0.4 is 5.32 Å². The molecule has 0 aromatic heterocycles. The van der Waals surface area contributed by atoms with E-state index in [0.29, 0.717) is 0 Å². The van der Waals surface area contributed by atoms with E-state index < -0.39 is 8.32 Å². The third-order valence-electron chi connectivity index (χ3n) is 1.33. The molecule has 0 aliphatic carbocycles. The summed E-state index contributed by atoms with van der Waals surface area (Å²) < 4.78 is 5.77. The Labute approximate surface area is 78.0 Å². The number of rotatable bonds is 7. The average molecular weight is 205 g/mol. The van der Waals surface area contributed by atoms with Gasteiger partial charge in [-0.2, -0.15) is 0 Å². The molecule has 0 atom stereocenters. The molecule has 0 saturated heterocycles. The lowest BCUT2D eigenvalue weighted by atomic mass is 10.5. The molecule has 0 radical (unpaired) electrons. The Kier molecular flexibility index (Phi) is 6.31. The molecule has 1 N–H and O–H groups in total. The van der Waals surface area contributed by atoms with Crippen molar-refractivity contribution in [2.24, 2.45) is 0 Å². The van der Waals surface area contributed by atoms with Gasteiger partial charge in [0.25, 0.3) is 0 Å². The van der Waals surface area contributed by atoms with Gasteiger partial charge in [0.05, 0.1) is 0 Å². The van der Waals surface area contributed by atoms with Crippen LogP contribution in [0.15, 0.2) is 0 Å². The smallest absolute Gasteiger partial charge is 0.207 e. The molecular formula is C7H19NO2Si2. The molecule has 1 amide bonds. The fraction of sp³-hybridized carbons (Fsp3) is 0.857. The quantitative estimate of drug-likeness (QED) is 0.373. The van der Waals surface area contributed by atoms with Gasteiger partial charge in [0.2, 0.25) is 6.41 Å². The monoisotopic (exact) mass is 205 g/mol. The van der Waals surface area contributed by atoms with Crippen molar-refractivity contribution in [3.8, 4) is 0 Å². The van der Waals surface area contributed by atoms with E-state index in [4.69, 9.17) is 4.12 Å². The van der Waals surface area contributed by atoms with Gasteiger partial charge in [-0.05, 0) is 32.1 Å². The Balaban J connectivity index is 3.06. The van der Waals surface area contributed by atoms with Gasteiger partial charge < -0.3 is 9.43 Å². The van der Waals surface area contributed by atoms with E-state index in [1.54, 1.807) is 0 Å². The minimum atomic E-state index is -1.25. The highest BCUT2D eigenvalue weighted by molar-refractivity contribution is 6.73. The topological polar surface area (TPSA) is 38.3 Å². The van der Waals surface area contributed by atoms with Crippen LogP contribution in [0.1, 0.15) is 6.42 Å². The van der Waals surface area contributed by atoms with E-state index in [0.717, 1.165) is 19.4 Å². The molecule has 0 unspecified atom stereocenters. The Morgan fingerprint density at radius 1 is 1.50 bits per heavy atom. The minimum absolute atomic E-state index is 0.315. The Bertz CT molecular complexity index is 125.